The Balaban J connectivity index is 0.00000363. The molecule has 0 unspecified atom stereocenters. The molecule has 8 heteroatoms. The molecule has 0 bridgehead atoms. The number of nitrogens with zero attached hydrogens (tertiary/aromatic N) is 1. The number of aliphatic imine (C=N–C) groups is 1. The van der Waals surface area contributed by atoms with Gasteiger partial charge in [-0.05, 0) is 56.2 Å². The number of hydrogen-bond donors (Lipinski definition) is 3. The van der Waals surface area contributed by atoms with Crippen LogP contribution in [0.4, 0.5) is 0 Å². The van der Waals surface area contributed by atoms with Crippen molar-refractivity contribution in [1.82, 2.24) is 16.0 Å². The highest BCUT2D eigenvalue weighted by atomic mass is 127. The first-order valence-electron chi connectivity index (χ1n) is 11.8. The Morgan fingerprint density at radius 1 is 1.03 bits per heavy atom. The van der Waals surface area contributed by atoms with Crippen molar-refractivity contribution in [3.05, 3.63) is 29.8 Å². The molecule has 1 aromatic carbocycles. The predicted molar refractivity (Wildman–Crippen MR) is 139 cm³/mol. The van der Waals surface area contributed by atoms with Gasteiger partial charge in [0.15, 0.2) is 12.6 Å². The van der Waals surface area contributed by atoms with Crippen LogP contribution >= 0.6 is 24.0 Å². The van der Waals surface area contributed by atoms with Gasteiger partial charge in [0.05, 0.1) is 6.10 Å². The van der Waals surface area contributed by atoms with E-state index in [-0.39, 0.29) is 36.5 Å². The number of nitrogens with one attached hydrogen (secondary N) is 3. The number of carbonyl (C=O) groups excluding carboxylic acids is 1. The molecule has 0 spiro atoms. The van der Waals surface area contributed by atoms with Gasteiger partial charge in [-0.15, -0.1) is 24.0 Å². The van der Waals surface area contributed by atoms with E-state index in [9.17, 15) is 4.79 Å². The van der Waals surface area contributed by atoms with E-state index >= 15 is 0 Å². The monoisotopic (exact) mass is 558 g/mol. The van der Waals surface area contributed by atoms with E-state index in [1.807, 2.05) is 24.3 Å². The first kappa shape index (κ1) is 26.7. The Morgan fingerprint density at radius 2 is 1.75 bits per heavy atom. The van der Waals surface area contributed by atoms with Gasteiger partial charge in [0, 0.05) is 32.8 Å². The zero-order valence-electron chi connectivity index (χ0n) is 19.2. The smallest absolute Gasteiger partial charge is 0.258 e. The van der Waals surface area contributed by atoms with Gasteiger partial charge in [0.1, 0.15) is 5.75 Å². The summed E-state index contributed by atoms with van der Waals surface area (Å²) in [6, 6.07) is 8.27. The number of benzene rings is 1. The Bertz CT molecular complexity index is 689. The summed E-state index contributed by atoms with van der Waals surface area (Å²) >= 11 is 0. The quantitative estimate of drug-likeness (QED) is 0.159. The van der Waals surface area contributed by atoms with Crippen LogP contribution in [0.5, 0.6) is 5.75 Å². The normalized spacial score (nSPS) is 16.7. The van der Waals surface area contributed by atoms with Crippen LogP contribution in [0.25, 0.3) is 0 Å². The van der Waals surface area contributed by atoms with Gasteiger partial charge >= 0.3 is 0 Å². The van der Waals surface area contributed by atoms with E-state index in [1.165, 1.54) is 37.7 Å². The molecule has 0 aliphatic heterocycles. The topological polar surface area (TPSA) is 84.0 Å². The van der Waals surface area contributed by atoms with Crippen molar-refractivity contribution in [2.45, 2.75) is 69.9 Å². The summed E-state index contributed by atoms with van der Waals surface area (Å²) in [6.07, 6.45) is 10.9. The maximum absolute atomic E-state index is 11.7. The van der Waals surface area contributed by atoms with Crippen molar-refractivity contribution in [3.63, 3.8) is 0 Å². The number of hydrogen-bond acceptors (Lipinski definition) is 4. The summed E-state index contributed by atoms with van der Waals surface area (Å²) < 4.78 is 11.5. The molecule has 0 radical (unpaired) electrons. The van der Waals surface area contributed by atoms with Crippen LogP contribution < -0.4 is 20.7 Å². The lowest BCUT2D eigenvalue weighted by Gasteiger charge is -2.22. The van der Waals surface area contributed by atoms with E-state index in [1.54, 1.807) is 7.05 Å². The minimum Gasteiger partial charge on any atom is -0.484 e. The van der Waals surface area contributed by atoms with Crippen molar-refractivity contribution in [1.29, 1.82) is 0 Å². The highest BCUT2D eigenvalue weighted by molar-refractivity contribution is 14.0. The van der Waals surface area contributed by atoms with Crippen LogP contribution in [0.1, 0.15) is 56.9 Å². The van der Waals surface area contributed by atoms with Crippen LogP contribution in [0.15, 0.2) is 29.3 Å². The lowest BCUT2D eigenvalue weighted by molar-refractivity contribution is -0.123. The molecule has 0 atom stereocenters. The van der Waals surface area contributed by atoms with Crippen LogP contribution in [0.2, 0.25) is 0 Å². The van der Waals surface area contributed by atoms with Crippen LogP contribution in [-0.4, -0.2) is 57.4 Å². The van der Waals surface area contributed by atoms with Gasteiger partial charge in [-0.2, -0.15) is 0 Å². The molecule has 32 heavy (non-hydrogen) atoms. The molecule has 2 aliphatic carbocycles. The van der Waals surface area contributed by atoms with E-state index in [4.69, 9.17) is 9.47 Å². The number of guanidine groups is 1. The molecule has 180 valence electrons. The van der Waals surface area contributed by atoms with Gasteiger partial charge in [-0.25, -0.2) is 0 Å². The maximum atomic E-state index is 11.7. The molecular formula is C24H39IN4O3. The lowest BCUT2D eigenvalue weighted by Crippen LogP contribution is -2.39. The molecular weight excluding hydrogens is 519 g/mol. The van der Waals surface area contributed by atoms with Gasteiger partial charge < -0.3 is 25.4 Å². The van der Waals surface area contributed by atoms with Crippen LogP contribution in [-0.2, 0) is 16.0 Å². The van der Waals surface area contributed by atoms with Crippen molar-refractivity contribution in [2.24, 2.45) is 4.99 Å². The second-order valence-electron chi connectivity index (χ2n) is 8.43. The predicted octanol–water partition coefficient (Wildman–Crippen LogP) is 3.41. The third kappa shape index (κ3) is 10.8. The number of rotatable bonds is 12. The zero-order chi connectivity index (χ0) is 21.7. The van der Waals surface area contributed by atoms with Crippen molar-refractivity contribution in [2.75, 3.05) is 33.4 Å². The fourth-order valence-electron chi connectivity index (χ4n) is 3.70. The van der Waals surface area contributed by atoms with E-state index < -0.39 is 0 Å². The van der Waals surface area contributed by atoms with Crippen molar-refractivity contribution < 1.29 is 14.3 Å². The number of amides is 1. The fourth-order valence-corrected chi connectivity index (χ4v) is 3.70. The summed E-state index contributed by atoms with van der Waals surface area (Å²) in [5, 5.41) is 9.62. The third-order valence-corrected chi connectivity index (χ3v) is 5.68. The Morgan fingerprint density at radius 3 is 2.44 bits per heavy atom. The molecule has 3 N–H and O–H groups in total. The van der Waals surface area contributed by atoms with E-state index in [0.29, 0.717) is 12.1 Å². The van der Waals surface area contributed by atoms with Gasteiger partial charge in [0.2, 0.25) is 0 Å². The highest BCUT2D eigenvalue weighted by Crippen LogP contribution is 2.20. The largest absolute Gasteiger partial charge is 0.484 e. The minimum atomic E-state index is -0.0461. The third-order valence-electron chi connectivity index (χ3n) is 5.68. The Labute approximate surface area is 209 Å². The molecule has 7 nitrogen and oxygen atoms in total. The lowest BCUT2D eigenvalue weighted by atomic mass is 9.98. The summed E-state index contributed by atoms with van der Waals surface area (Å²) in [5.41, 5.74) is 1.21. The summed E-state index contributed by atoms with van der Waals surface area (Å²) in [6.45, 7) is 2.53. The molecule has 1 amide bonds. The first-order valence-corrected chi connectivity index (χ1v) is 11.8. The number of carbonyl (C=O) groups is 1. The SMILES string of the molecule is CN=C(NCCCOC1CCCCC1)NCCc1ccc(OCC(=O)NC2CC2)cc1.I. The standard InChI is InChI=1S/C24H38N4O3.HI/c1-25-24(26-15-5-17-30-21-6-3-2-4-7-21)27-16-14-19-8-12-22(13-9-19)31-18-23(29)28-20-10-11-20;/h8-9,12-13,20-21H,2-7,10-11,14-18H2,1H3,(H,28,29)(H2,25,26,27);1H. The average molecular weight is 559 g/mol. The van der Waals surface area contributed by atoms with E-state index in [2.05, 4.69) is 20.9 Å². The molecule has 2 aliphatic rings. The van der Waals surface area contributed by atoms with Gasteiger partial charge in [-0.1, -0.05) is 31.4 Å². The van der Waals surface area contributed by atoms with E-state index in [0.717, 1.165) is 57.1 Å². The van der Waals surface area contributed by atoms with Gasteiger partial charge in [0.25, 0.3) is 5.91 Å². The Hall–Kier alpha value is -1.55. The molecule has 2 saturated carbocycles. The van der Waals surface area contributed by atoms with Crippen LogP contribution in [0.3, 0.4) is 0 Å². The second-order valence-corrected chi connectivity index (χ2v) is 8.43. The molecule has 0 aromatic heterocycles. The second kappa shape index (κ2) is 15.3. The summed E-state index contributed by atoms with van der Waals surface area (Å²) in [7, 11) is 1.79. The Kier molecular flexibility index (Phi) is 12.8. The molecule has 0 heterocycles. The average Bonchev–Trinajstić information content (AvgIpc) is 3.61. The van der Waals surface area contributed by atoms with Crippen LogP contribution in [0, 0.1) is 0 Å². The maximum Gasteiger partial charge on any atom is 0.258 e. The minimum absolute atomic E-state index is 0. The molecule has 3 rings (SSSR count). The number of ether oxygens (including phenoxy) is 2. The molecule has 0 saturated heterocycles. The van der Waals surface area contributed by atoms with Crippen molar-refractivity contribution >= 4 is 35.8 Å². The molecule has 1 aromatic rings. The summed E-state index contributed by atoms with van der Waals surface area (Å²) in [4.78, 5) is 16.0. The summed E-state index contributed by atoms with van der Waals surface area (Å²) in [5.74, 6) is 1.49. The fraction of sp³-hybridized carbons (Fsp3) is 0.667. The van der Waals surface area contributed by atoms with Gasteiger partial charge in [-0.3, -0.25) is 9.79 Å². The number of halogens is 1. The first-order chi connectivity index (χ1) is 15.2. The molecule has 2 fully saturated rings. The highest BCUT2D eigenvalue weighted by Gasteiger charge is 2.23. The van der Waals surface area contributed by atoms with Crippen molar-refractivity contribution in [3.8, 4) is 5.75 Å². The zero-order valence-corrected chi connectivity index (χ0v) is 21.6.